The zero-order valence-electron chi connectivity index (χ0n) is 17.0. The molecule has 8 nitrogen and oxygen atoms in total. The number of para-hydroxylation sites is 2. The van der Waals surface area contributed by atoms with Gasteiger partial charge in [-0.3, -0.25) is 9.78 Å². The number of nitriles is 1. The number of aryl methyl sites for hydroxylation is 1. The van der Waals surface area contributed by atoms with Crippen LogP contribution < -0.4 is 10.1 Å². The molecule has 0 saturated heterocycles. The largest absolute Gasteiger partial charge is 0.437 e. The van der Waals surface area contributed by atoms with Gasteiger partial charge in [-0.1, -0.05) is 35.9 Å². The first kappa shape index (κ1) is 21.2. The standard InChI is InChI=1S/C23H17ClN6O2/c1-14-11-26-13-20(28-14)32-16-6-4-5-15(9-16)12-27-23(31)17(10-25)21-22(24)30-19-8-3-2-7-18(19)29-21/h2-9,11,13,17H,12H2,1H3,(H,27,31). The molecule has 0 bridgehead atoms. The van der Waals surface area contributed by atoms with Crippen molar-refractivity contribution in [2.45, 2.75) is 19.4 Å². The third kappa shape index (κ3) is 4.79. The molecule has 32 heavy (non-hydrogen) atoms. The number of aromatic nitrogens is 4. The molecule has 2 heterocycles. The molecule has 158 valence electrons. The lowest BCUT2D eigenvalue weighted by molar-refractivity contribution is -0.121. The lowest BCUT2D eigenvalue weighted by Crippen LogP contribution is -2.29. The first-order chi connectivity index (χ1) is 15.5. The highest BCUT2D eigenvalue weighted by atomic mass is 35.5. The van der Waals surface area contributed by atoms with Crippen molar-refractivity contribution in [2.75, 3.05) is 0 Å². The van der Waals surface area contributed by atoms with Gasteiger partial charge >= 0.3 is 0 Å². The van der Waals surface area contributed by atoms with Crippen LogP contribution in [0.3, 0.4) is 0 Å². The molecule has 0 saturated carbocycles. The lowest BCUT2D eigenvalue weighted by atomic mass is 10.1. The molecule has 0 radical (unpaired) electrons. The summed E-state index contributed by atoms with van der Waals surface area (Å²) in [5.41, 5.74) is 2.80. The molecule has 1 atom stereocenters. The van der Waals surface area contributed by atoms with Gasteiger partial charge in [0.15, 0.2) is 11.1 Å². The minimum atomic E-state index is -1.19. The molecule has 2 aromatic heterocycles. The van der Waals surface area contributed by atoms with Crippen LogP contribution in [0, 0.1) is 18.3 Å². The van der Waals surface area contributed by atoms with Crippen LogP contribution >= 0.6 is 11.6 Å². The van der Waals surface area contributed by atoms with Gasteiger partial charge in [0, 0.05) is 12.7 Å². The van der Waals surface area contributed by atoms with Gasteiger partial charge in [-0.25, -0.2) is 15.0 Å². The van der Waals surface area contributed by atoms with Crippen molar-refractivity contribution in [3.63, 3.8) is 0 Å². The Hall–Kier alpha value is -4.09. The fourth-order valence-corrected chi connectivity index (χ4v) is 3.28. The van der Waals surface area contributed by atoms with Crippen LogP contribution in [0.2, 0.25) is 5.15 Å². The van der Waals surface area contributed by atoms with E-state index in [4.69, 9.17) is 16.3 Å². The molecular formula is C23H17ClN6O2. The van der Waals surface area contributed by atoms with Gasteiger partial charge in [0.1, 0.15) is 11.4 Å². The highest BCUT2D eigenvalue weighted by molar-refractivity contribution is 6.30. The number of halogens is 1. The van der Waals surface area contributed by atoms with Crippen molar-refractivity contribution in [3.8, 4) is 17.7 Å². The Morgan fingerprint density at radius 2 is 1.91 bits per heavy atom. The van der Waals surface area contributed by atoms with Gasteiger partial charge in [-0.2, -0.15) is 5.26 Å². The number of nitrogens with one attached hydrogen (secondary N) is 1. The summed E-state index contributed by atoms with van der Waals surface area (Å²) in [5, 5.41) is 12.4. The number of amides is 1. The van der Waals surface area contributed by atoms with Gasteiger partial charge in [0.2, 0.25) is 11.8 Å². The topological polar surface area (TPSA) is 114 Å². The predicted molar refractivity (Wildman–Crippen MR) is 118 cm³/mol. The molecule has 1 N–H and O–H groups in total. The molecule has 0 spiro atoms. The van der Waals surface area contributed by atoms with Gasteiger partial charge in [0.25, 0.3) is 0 Å². The van der Waals surface area contributed by atoms with E-state index in [2.05, 4.69) is 25.3 Å². The Morgan fingerprint density at radius 3 is 2.66 bits per heavy atom. The molecule has 0 fully saturated rings. The molecule has 1 amide bonds. The van der Waals surface area contributed by atoms with Crippen LogP contribution in [0.4, 0.5) is 0 Å². The van der Waals surface area contributed by atoms with Crippen molar-refractivity contribution >= 4 is 28.5 Å². The Morgan fingerprint density at radius 1 is 1.12 bits per heavy atom. The normalized spacial score (nSPS) is 11.5. The van der Waals surface area contributed by atoms with Crippen LogP contribution in [-0.2, 0) is 11.3 Å². The molecule has 1 unspecified atom stereocenters. The number of hydrogen-bond acceptors (Lipinski definition) is 7. The summed E-state index contributed by atoms with van der Waals surface area (Å²) in [6.45, 7) is 2.01. The van der Waals surface area contributed by atoms with E-state index in [0.717, 1.165) is 11.3 Å². The number of carbonyl (C=O) groups is 1. The van der Waals surface area contributed by atoms with Crippen LogP contribution in [-0.4, -0.2) is 25.8 Å². The second-order valence-electron chi connectivity index (χ2n) is 6.92. The van der Waals surface area contributed by atoms with E-state index in [0.29, 0.717) is 22.7 Å². The maximum atomic E-state index is 12.7. The number of hydrogen-bond donors (Lipinski definition) is 1. The third-order valence-electron chi connectivity index (χ3n) is 4.54. The van der Waals surface area contributed by atoms with Crippen molar-refractivity contribution in [1.29, 1.82) is 5.26 Å². The molecule has 4 rings (SSSR count). The average Bonchev–Trinajstić information content (AvgIpc) is 2.79. The fourth-order valence-electron chi connectivity index (χ4n) is 3.04. The first-order valence-corrected chi connectivity index (χ1v) is 10.1. The van der Waals surface area contributed by atoms with Crippen molar-refractivity contribution < 1.29 is 9.53 Å². The second-order valence-corrected chi connectivity index (χ2v) is 7.27. The summed E-state index contributed by atoms with van der Waals surface area (Å²) in [6, 6.07) is 16.3. The molecule has 9 heteroatoms. The lowest BCUT2D eigenvalue weighted by Gasteiger charge is -2.12. The van der Waals surface area contributed by atoms with Crippen LogP contribution in [0.25, 0.3) is 11.0 Å². The van der Waals surface area contributed by atoms with E-state index in [1.165, 1.54) is 6.20 Å². The highest BCUT2D eigenvalue weighted by Gasteiger charge is 2.25. The number of fused-ring (bicyclic) bond motifs is 1. The van der Waals surface area contributed by atoms with Crippen LogP contribution in [0.15, 0.2) is 60.9 Å². The smallest absolute Gasteiger partial charge is 0.243 e. The van der Waals surface area contributed by atoms with E-state index < -0.39 is 11.8 Å². The molecule has 4 aromatic rings. The zero-order chi connectivity index (χ0) is 22.5. The number of ether oxygens (including phenoxy) is 1. The average molecular weight is 445 g/mol. The first-order valence-electron chi connectivity index (χ1n) is 9.68. The minimum Gasteiger partial charge on any atom is -0.437 e. The summed E-state index contributed by atoms with van der Waals surface area (Å²) in [4.78, 5) is 29.7. The van der Waals surface area contributed by atoms with Gasteiger partial charge < -0.3 is 10.1 Å². The van der Waals surface area contributed by atoms with Gasteiger partial charge in [-0.15, -0.1) is 0 Å². The maximum Gasteiger partial charge on any atom is 0.243 e. The molecular weight excluding hydrogens is 428 g/mol. The van der Waals surface area contributed by atoms with Crippen molar-refractivity contribution in [3.05, 3.63) is 83.0 Å². The van der Waals surface area contributed by atoms with Gasteiger partial charge in [0.05, 0.1) is 29.0 Å². The Labute approximate surface area is 188 Å². The van der Waals surface area contributed by atoms with E-state index in [1.807, 2.05) is 25.1 Å². The molecule has 0 aliphatic heterocycles. The number of nitrogens with zero attached hydrogens (tertiary/aromatic N) is 5. The van der Waals surface area contributed by atoms with E-state index in [-0.39, 0.29) is 17.4 Å². The zero-order valence-corrected chi connectivity index (χ0v) is 17.7. The van der Waals surface area contributed by atoms with Crippen LogP contribution in [0.5, 0.6) is 11.6 Å². The molecule has 0 aliphatic carbocycles. The Balaban J connectivity index is 1.47. The van der Waals surface area contributed by atoms with E-state index >= 15 is 0 Å². The highest BCUT2D eigenvalue weighted by Crippen LogP contribution is 2.24. The number of benzene rings is 2. The summed E-state index contributed by atoms with van der Waals surface area (Å²) in [6.07, 6.45) is 3.16. The summed E-state index contributed by atoms with van der Waals surface area (Å²) in [7, 11) is 0. The van der Waals surface area contributed by atoms with Crippen molar-refractivity contribution in [1.82, 2.24) is 25.3 Å². The summed E-state index contributed by atoms with van der Waals surface area (Å²) < 4.78 is 5.73. The van der Waals surface area contributed by atoms with Crippen molar-refractivity contribution in [2.24, 2.45) is 0 Å². The fraction of sp³-hybridized carbons (Fsp3) is 0.130. The molecule has 2 aromatic carbocycles. The quantitative estimate of drug-likeness (QED) is 0.476. The maximum absolute atomic E-state index is 12.7. The SMILES string of the molecule is Cc1cncc(Oc2cccc(CNC(=O)C(C#N)c3nc4ccccc4nc3Cl)c2)n1. The molecule has 0 aliphatic rings. The summed E-state index contributed by atoms with van der Waals surface area (Å²) in [5.74, 6) is -0.784. The monoisotopic (exact) mass is 444 g/mol. The Bertz CT molecular complexity index is 1340. The third-order valence-corrected chi connectivity index (χ3v) is 4.82. The van der Waals surface area contributed by atoms with E-state index in [1.54, 1.807) is 42.6 Å². The minimum absolute atomic E-state index is 0.0278. The van der Waals surface area contributed by atoms with E-state index in [9.17, 15) is 10.1 Å². The number of carbonyl (C=O) groups excluding carboxylic acids is 1. The van der Waals surface area contributed by atoms with Gasteiger partial charge in [-0.05, 0) is 36.8 Å². The number of rotatable bonds is 6. The second kappa shape index (κ2) is 9.37. The predicted octanol–water partition coefficient (Wildman–Crippen LogP) is 4.10. The van der Waals surface area contributed by atoms with Crippen LogP contribution in [0.1, 0.15) is 22.9 Å². The Kier molecular flexibility index (Phi) is 6.19. The summed E-state index contributed by atoms with van der Waals surface area (Å²) >= 11 is 6.21.